The number of methoxy groups -OCH3 is 1. The number of benzene rings is 1. The van der Waals surface area contributed by atoms with E-state index in [0.717, 1.165) is 4.88 Å². The summed E-state index contributed by atoms with van der Waals surface area (Å²) in [6.07, 6.45) is 0. The molecule has 9 nitrogen and oxygen atoms in total. The quantitative estimate of drug-likeness (QED) is 0.493. The lowest BCUT2D eigenvalue weighted by atomic mass is 10.1. The first kappa shape index (κ1) is 21.9. The predicted octanol–water partition coefficient (Wildman–Crippen LogP) is 2.85. The Labute approximate surface area is 178 Å². The van der Waals surface area contributed by atoms with E-state index in [1.165, 1.54) is 42.7 Å². The summed E-state index contributed by atoms with van der Waals surface area (Å²) in [5.74, 6) is -0.0400. The molecule has 30 heavy (non-hydrogen) atoms. The summed E-state index contributed by atoms with van der Waals surface area (Å²) in [5, 5.41) is 5.66. The first-order valence-corrected chi connectivity index (χ1v) is 11.4. The van der Waals surface area contributed by atoms with Gasteiger partial charge in [-0.3, -0.25) is 4.79 Å². The monoisotopic (exact) mass is 451 g/mol. The van der Waals surface area contributed by atoms with Crippen LogP contribution in [0.1, 0.15) is 19.7 Å². The topological polar surface area (TPSA) is 121 Å². The van der Waals surface area contributed by atoms with Gasteiger partial charge in [-0.2, -0.15) is 9.71 Å². The van der Waals surface area contributed by atoms with Crippen LogP contribution in [0.3, 0.4) is 0 Å². The van der Waals surface area contributed by atoms with Crippen LogP contribution in [0.4, 0.5) is 0 Å². The van der Waals surface area contributed by atoms with Gasteiger partial charge in [0.05, 0.1) is 16.9 Å². The van der Waals surface area contributed by atoms with Gasteiger partial charge < -0.3 is 14.0 Å². The number of thiophene rings is 1. The van der Waals surface area contributed by atoms with Crippen molar-refractivity contribution in [1.82, 2.24) is 14.9 Å². The van der Waals surface area contributed by atoms with Crippen LogP contribution in [0.25, 0.3) is 10.8 Å². The third-order valence-electron chi connectivity index (χ3n) is 4.12. The first-order chi connectivity index (χ1) is 14.3. The van der Waals surface area contributed by atoms with Crippen molar-refractivity contribution in [2.24, 2.45) is 5.92 Å². The van der Waals surface area contributed by atoms with E-state index in [-0.39, 0.29) is 23.2 Å². The molecule has 0 spiro atoms. The number of carbonyl (C=O) groups is 1. The Morgan fingerprint density at radius 2 is 1.97 bits per heavy atom. The number of ether oxygens (including phenoxy) is 2. The van der Waals surface area contributed by atoms with Crippen LogP contribution < -0.4 is 9.46 Å². The molecular formula is C19H21N3O6S2. The molecule has 0 unspecified atom stereocenters. The van der Waals surface area contributed by atoms with Gasteiger partial charge in [-0.25, -0.2) is 8.42 Å². The molecule has 3 rings (SSSR count). The molecule has 0 aliphatic rings. The second kappa shape index (κ2) is 9.37. The van der Waals surface area contributed by atoms with Crippen LogP contribution in [0.15, 0.2) is 51.2 Å². The SMILES string of the molecule is COc1ccc(S(=O)(=O)N[C@H](C(=O)OCc2noc(-c3cccs3)n2)C(C)C)cc1. The smallest absolute Gasteiger partial charge is 0.324 e. The van der Waals surface area contributed by atoms with E-state index >= 15 is 0 Å². The molecule has 0 aliphatic carbocycles. The maximum absolute atomic E-state index is 12.7. The fourth-order valence-corrected chi connectivity index (χ4v) is 4.46. The molecule has 0 saturated heterocycles. The summed E-state index contributed by atoms with van der Waals surface area (Å²) in [7, 11) is -2.45. The second-order valence-corrected chi connectivity index (χ2v) is 9.28. The minimum absolute atomic E-state index is 0.0144. The molecule has 1 N–H and O–H groups in total. The molecule has 0 aliphatic heterocycles. The largest absolute Gasteiger partial charge is 0.497 e. The van der Waals surface area contributed by atoms with Crippen LogP contribution in [0.2, 0.25) is 0 Å². The van der Waals surface area contributed by atoms with Crippen LogP contribution >= 0.6 is 11.3 Å². The molecule has 11 heteroatoms. The number of nitrogens with zero attached hydrogens (tertiary/aromatic N) is 2. The molecule has 2 heterocycles. The third-order valence-corrected chi connectivity index (χ3v) is 6.43. The van der Waals surface area contributed by atoms with E-state index in [1.54, 1.807) is 13.8 Å². The zero-order chi connectivity index (χ0) is 21.7. The predicted molar refractivity (Wildman–Crippen MR) is 109 cm³/mol. The van der Waals surface area contributed by atoms with Gasteiger partial charge in [0.1, 0.15) is 11.8 Å². The van der Waals surface area contributed by atoms with Crippen molar-refractivity contribution in [3.8, 4) is 16.5 Å². The Bertz CT molecular complexity index is 1080. The Morgan fingerprint density at radius 3 is 2.57 bits per heavy atom. The molecule has 160 valence electrons. The van der Waals surface area contributed by atoms with Gasteiger partial charge in [-0.15, -0.1) is 11.3 Å². The molecule has 0 saturated carbocycles. The van der Waals surface area contributed by atoms with Gasteiger partial charge in [0.15, 0.2) is 6.61 Å². The van der Waals surface area contributed by atoms with Crippen molar-refractivity contribution in [3.05, 3.63) is 47.6 Å². The van der Waals surface area contributed by atoms with E-state index < -0.39 is 22.0 Å². The minimum Gasteiger partial charge on any atom is -0.497 e. The molecule has 0 bridgehead atoms. The van der Waals surface area contributed by atoms with Gasteiger partial charge >= 0.3 is 5.97 Å². The van der Waals surface area contributed by atoms with Crippen LogP contribution in [0, 0.1) is 5.92 Å². The van der Waals surface area contributed by atoms with Crippen molar-refractivity contribution in [2.75, 3.05) is 7.11 Å². The van der Waals surface area contributed by atoms with Gasteiger partial charge in [-0.1, -0.05) is 25.1 Å². The maximum Gasteiger partial charge on any atom is 0.324 e. The number of hydrogen-bond acceptors (Lipinski definition) is 9. The van der Waals surface area contributed by atoms with Gasteiger partial charge in [0.2, 0.25) is 15.8 Å². The number of esters is 1. The van der Waals surface area contributed by atoms with Crippen molar-refractivity contribution >= 4 is 27.3 Å². The first-order valence-electron chi connectivity index (χ1n) is 8.99. The van der Waals surface area contributed by atoms with Crippen LogP contribution in [-0.4, -0.2) is 37.7 Å². The highest BCUT2D eigenvalue weighted by Gasteiger charge is 2.30. The highest BCUT2D eigenvalue weighted by molar-refractivity contribution is 7.89. The Kier molecular flexibility index (Phi) is 6.85. The van der Waals surface area contributed by atoms with Crippen LogP contribution in [0.5, 0.6) is 5.75 Å². The normalized spacial score (nSPS) is 12.7. The van der Waals surface area contributed by atoms with Crippen molar-refractivity contribution in [1.29, 1.82) is 0 Å². The molecule has 3 aromatic rings. The van der Waals surface area contributed by atoms with Crippen molar-refractivity contribution in [3.63, 3.8) is 0 Å². The maximum atomic E-state index is 12.7. The summed E-state index contributed by atoms with van der Waals surface area (Å²) in [6, 6.07) is 8.45. The van der Waals surface area contributed by atoms with Gasteiger partial charge in [0.25, 0.3) is 5.89 Å². The summed E-state index contributed by atoms with van der Waals surface area (Å²) < 4.78 is 43.1. The number of hydrogen-bond donors (Lipinski definition) is 1. The van der Waals surface area contributed by atoms with E-state index in [9.17, 15) is 13.2 Å². The number of sulfonamides is 1. The summed E-state index contributed by atoms with van der Waals surface area (Å²) in [4.78, 5) is 17.5. The highest BCUT2D eigenvalue weighted by atomic mass is 32.2. The highest BCUT2D eigenvalue weighted by Crippen LogP contribution is 2.22. The summed E-state index contributed by atoms with van der Waals surface area (Å²) >= 11 is 1.44. The zero-order valence-electron chi connectivity index (χ0n) is 16.6. The Balaban J connectivity index is 1.65. The molecule has 0 amide bonds. The number of carbonyl (C=O) groups excluding carboxylic acids is 1. The van der Waals surface area contributed by atoms with Crippen LogP contribution in [-0.2, 0) is 26.2 Å². The van der Waals surface area contributed by atoms with Gasteiger partial charge in [0, 0.05) is 0 Å². The summed E-state index contributed by atoms with van der Waals surface area (Å²) in [5.41, 5.74) is 0. The molecule has 1 aromatic carbocycles. The fourth-order valence-electron chi connectivity index (χ4n) is 2.48. The summed E-state index contributed by atoms with van der Waals surface area (Å²) in [6.45, 7) is 3.19. The zero-order valence-corrected chi connectivity index (χ0v) is 18.2. The lowest BCUT2D eigenvalue weighted by Crippen LogP contribution is -2.45. The number of rotatable bonds is 9. The fraction of sp³-hybridized carbons (Fsp3) is 0.316. The van der Waals surface area contributed by atoms with E-state index in [4.69, 9.17) is 14.0 Å². The molecular weight excluding hydrogens is 430 g/mol. The number of nitrogens with one attached hydrogen (secondary N) is 1. The lowest BCUT2D eigenvalue weighted by Gasteiger charge is -2.20. The lowest BCUT2D eigenvalue weighted by molar-refractivity contribution is -0.148. The van der Waals surface area contributed by atoms with Crippen molar-refractivity contribution in [2.45, 2.75) is 31.4 Å². The average Bonchev–Trinajstić information content (AvgIpc) is 3.42. The van der Waals surface area contributed by atoms with Gasteiger partial charge in [-0.05, 0) is 41.6 Å². The van der Waals surface area contributed by atoms with E-state index in [1.807, 2.05) is 17.5 Å². The van der Waals surface area contributed by atoms with E-state index in [2.05, 4.69) is 14.9 Å². The third kappa shape index (κ3) is 5.23. The minimum atomic E-state index is -3.94. The molecule has 0 radical (unpaired) electrons. The molecule has 0 fully saturated rings. The Morgan fingerprint density at radius 1 is 1.23 bits per heavy atom. The Hall–Kier alpha value is -2.76. The number of aromatic nitrogens is 2. The van der Waals surface area contributed by atoms with E-state index in [0.29, 0.717) is 11.6 Å². The standard InChI is InChI=1S/C19H21N3O6S2/c1-12(2)17(22-30(24,25)14-8-6-13(26-3)7-9-14)19(23)27-11-16-20-18(28-21-16)15-5-4-10-29-15/h4-10,12,17,22H,11H2,1-3H3/t17-/m0/s1. The van der Waals surface area contributed by atoms with Crippen molar-refractivity contribution < 1.29 is 27.2 Å². The second-order valence-electron chi connectivity index (χ2n) is 6.62. The average molecular weight is 452 g/mol. The molecule has 1 atom stereocenters. The molecule has 2 aromatic heterocycles.